The Hall–Kier alpha value is -2.27. The van der Waals surface area contributed by atoms with Crippen LogP contribution >= 0.6 is 0 Å². The second kappa shape index (κ2) is 5.61. The molecule has 0 spiro atoms. The third kappa shape index (κ3) is 2.78. The lowest BCUT2D eigenvalue weighted by Crippen LogP contribution is -2.26. The van der Waals surface area contributed by atoms with Gasteiger partial charge >= 0.3 is 0 Å². The Bertz CT molecular complexity index is 663. The minimum absolute atomic E-state index is 0.0483. The van der Waals surface area contributed by atoms with Crippen molar-refractivity contribution in [3.05, 3.63) is 47.4 Å². The second-order valence-corrected chi connectivity index (χ2v) is 5.03. The number of carbonyl (C=O) groups is 1. The highest BCUT2D eigenvalue weighted by Gasteiger charge is 2.21. The number of benzene rings is 1. The molecule has 2 heterocycles. The van der Waals surface area contributed by atoms with Gasteiger partial charge in [0.1, 0.15) is 17.3 Å². The van der Waals surface area contributed by atoms with Gasteiger partial charge in [-0.15, -0.1) is 0 Å². The van der Waals surface area contributed by atoms with Crippen LogP contribution < -0.4 is 15.4 Å². The number of nitrogens with one attached hydrogen (secondary N) is 2. The lowest BCUT2D eigenvalue weighted by atomic mass is 10.0. The number of rotatable bonds is 4. The molecule has 2 N–H and O–H groups in total. The Morgan fingerprint density at radius 2 is 2.19 bits per heavy atom. The first kappa shape index (κ1) is 13.7. The molecule has 3 rings (SSSR count). The summed E-state index contributed by atoms with van der Waals surface area (Å²) in [6, 6.07) is 9.66. The Kier molecular flexibility index (Phi) is 3.66. The molecule has 0 saturated heterocycles. The summed E-state index contributed by atoms with van der Waals surface area (Å²) in [4.78, 5) is 11.4. The molecule has 5 heteroatoms. The summed E-state index contributed by atoms with van der Waals surface area (Å²) >= 11 is 0. The molecule has 0 saturated carbocycles. The fraction of sp³-hybridized carbons (Fsp3) is 0.312. The van der Waals surface area contributed by atoms with E-state index >= 15 is 0 Å². The van der Waals surface area contributed by atoms with Crippen LogP contribution in [0.15, 0.2) is 34.7 Å². The van der Waals surface area contributed by atoms with Gasteiger partial charge in [0.05, 0.1) is 11.7 Å². The number of amides is 1. The van der Waals surface area contributed by atoms with Gasteiger partial charge in [-0.2, -0.15) is 0 Å². The van der Waals surface area contributed by atoms with Crippen LogP contribution in [0.5, 0.6) is 5.75 Å². The molecule has 1 amide bonds. The number of hydrogen-bond acceptors (Lipinski definition) is 4. The second-order valence-electron chi connectivity index (χ2n) is 5.03. The summed E-state index contributed by atoms with van der Waals surface area (Å²) in [7, 11) is 0. The van der Waals surface area contributed by atoms with Crippen molar-refractivity contribution in [2.75, 3.05) is 18.5 Å². The normalized spacial score (nSPS) is 15.0. The minimum Gasteiger partial charge on any atom is -0.482 e. The first-order valence-corrected chi connectivity index (χ1v) is 7.03. The molecule has 110 valence electrons. The number of fused-ring (bicyclic) bond motifs is 1. The van der Waals surface area contributed by atoms with Crippen molar-refractivity contribution in [2.45, 2.75) is 19.9 Å². The first-order chi connectivity index (χ1) is 10.2. The van der Waals surface area contributed by atoms with Gasteiger partial charge in [0.2, 0.25) is 0 Å². The van der Waals surface area contributed by atoms with Gasteiger partial charge in [0.25, 0.3) is 5.91 Å². The van der Waals surface area contributed by atoms with E-state index in [-0.39, 0.29) is 18.6 Å². The number of hydrogen-bond donors (Lipinski definition) is 2. The van der Waals surface area contributed by atoms with Crippen LogP contribution in [0, 0.1) is 6.92 Å². The summed E-state index contributed by atoms with van der Waals surface area (Å²) in [6.07, 6.45) is 0. The number of carbonyl (C=O) groups excluding carboxylic acids is 1. The van der Waals surface area contributed by atoms with Crippen LogP contribution in [0.4, 0.5) is 5.69 Å². The molecule has 1 aromatic carbocycles. The van der Waals surface area contributed by atoms with Gasteiger partial charge in [-0.05, 0) is 43.3 Å². The van der Waals surface area contributed by atoms with Crippen molar-refractivity contribution in [3.63, 3.8) is 0 Å². The lowest BCUT2D eigenvalue weighted by molar-refractivity contribution is -0.118. The maximum absolute atomic E-state index is 11.4. The third-order valence-corrected chi connectivity index (χ3v) is 3.42. The molecular formula is C16H18N2O3. The Labute approximate surface area is 123 Å². The zero-order valence-corrected chi connectivity index (χ0v) is 12.1. The standard InChI is InChI=1S/C16H18N2O3/c1-3-17-16(14-6-4-10(2)21-14)11-5-7-13-12(8-11)18-15(19)9-20-13/h4-8,16-17H,3,9H2,1-2H3,(H,18,19). The van der Waals surface area contributed by atoms with E-state index in [1.807, 2.05) is 44.2 Å². The molecule has 5 nitrogen and oxygen atoms in total. The topological polar surface area (TPSA) is 63.5 Å². The van der Waals surface area contributed by atoms with Crippen molar-refractivity contribution in [1.82, 2.24) is 5.32 Å². The van der Waals surface area contributed by atoms with Gasteiger partial charge in [-0.1, -0.05) is 13.0 Å². The Balaban J connectivity index is 1.96. The summed E-state index contributed by atoms with van der Waals surface area (Å²) in [5.74, 6) is 2.30. The van der Waals surface area contributed by atoms with Gasteiger partial charge in [-0.3, -0.25) is 4.79 Å². The molecule has 0 bridgehead atoms. The van der Waals surface area contributed by atoms with E-state index in [2.05, 4.69) is 10.6 Å². The van der Waals surface area contributed by atoms with Gasteiger partial charge in [-0.25, -0.2) is 0 Å². The van der Waals surface area contributed by atoms with E-state index in [0.717, 1.165) is 23.6 Å². The lowest BCUT2D eigenvalue weighted by Gasteiger charge is -2.21. The summed E-state index contributed by atoms with van der Waals surface area (Å²) in [6.45, 7) is 4.85. The summed E-state index contributed by atoms with van der Waals surface area (Å²) in [5, 5.41) is 6.23. The number of furan rings is 1. The van der Waals surface area contributed by atoms with Crippen LogP contribution in [-0.2, 0) is 4.79 Å². The molecular weight excluding hydrogens is 268 g/mol. The molecule has 0 aliphatic carbocycles. The quantitative estimate of drug-likeness (QED) is 0.907. The molecule has 1 aliphatic rings. The maximum atomic E-state index is 11.4. The van der Waals surface area contributed by atoms with Crippen LogP contribution in [0.3, 0.4) is 0 Å². The predicted molar refractivity (Wildman–Crippen MR) is 79.5 cm³/mol. The van der Waals surface area contributed by atoms with Crippen molar-refractivity contribution in [3.8, 4) is 5.75 Å². The molecule has 1 aliphatic heterocycles. The van der Waals surface area contributed by atoms with Gasteiger partial charge in [0, 0.05) is 0 Å². The minimum atomic E-state index is -0.131. The van der Waals surface area contributed by atoms with E-state index in [0.29, 0.717) is 11.4 Å². The molecule has 0 radical (unpaired) electrons. The molecule has 1 atom stereocenters. The number of aryl methyl sites for hydroxylation is 1. The van der Waals surface area contributed by atoms with E-state index in [9.17, 15) is 4.79 Å². The molecule has 21 heavy (non-hydrogen) atoms. The number of anilines is 1. The van der Waals surface area contributed by atoms with Crippen molar-refractivity contribution in [2.24, 2.45) is 0 Å². The molecule has 1 unspecified atom stereocenters. The summed E-state index contributed by atoms with van der Waals surface area (Å²) in [5.41, 5.74) is 1.73. The monoisotopic (exact) mass is 286 g/mol. The van der Waals surface area contributed by atoms with Crippen molar-refractivity contribution >= 4 is 11.6 Å². The van der Waals surface area contributed by atoms with E-state index in [4.69, 9.17) is 9.15 Å². The highest BCUT2D eigenvalue weighted by Crippen LogP contribution is 2.33. The first-order valence-electron chi connectivity index (χ1n) is 7.03. The Morgan fingerprint density at radius 1 is 1.33 bits per heavy atom. The molecule has 0 fully saturated rings. The fourth-order valence-corrected chi connectivity index (χ4v) is 2.48. The van der Waals surface area contributed by atoms with Crippen LogP contribution in [0.25, 0.3) is 0 Å². The van der Waals surface area contributed by atoms with E-state index < -0.39 is 0 Å². The fourth-order valence-electron chi connectivity index (χ4n) is 2.48. The Morgan fingerprint density at radius 3 is 2.90 bits per heavy atom. The van der Waals surface area contributed by atoms with Crippen LogP contribution in [0.2, 0.25) is 0 Å². The SMILES string of the molecule is CCNC(c1ccc2c(c1)NC(=O)CO2)c1ccc(C)o1. The van der Waals surface area contributed by atoms with Gasteiger partial charge < -0.3 is 19.8 Å². The van der Waals surface area contributed by atoms with Crippen LogP contribution in [0.1, 0.15) is 30.0 Å². The highest BCUT2D eigenvalue weighted by atomic mass is 16.5. The molecule has 2 aromatic rings. The van der Waals surface area contributed by atoms with Crippen molar-refractivity contribution in [1.29, 1.82) is 0 Å². The van der Waals surface area contributed by atoms with E-state index in [1.54, 1.807) is 0 Å². The van der Waals surface area contributed by atoms with Crippen molar-refractivity contribution < 1.29 is 13.9 Å². The number of ether oxygens (including phenoxy) is 1. The zero-order chi connectivity index (χ0) is 14.8. The smallest absolute Gasteiger partial charge is 0.262 e. The van der Waals surface area contributed by atoms with E-state index in [1.165, 1.54) is 0 Å². The average molecular weight is 286 g/mol. The maximum Gasteiger partial charge on any atom is 0.262 e. The predicted octanol–water partition coefficient (Wildman–Crippen LogP) is 2.62. The largest absolute Gasteiger partial charge is 0.482 e. The zero-order valence-electron chi connectivity index (χ0n) is 12.1. The molecule has 1 aromatic heterocycles. The summed E-state index contributed by atoms with van der Waals surface area (Å²) < 4.78 is 11.1. The highest BCUT2D eigenvalue weighted by molar-refractivity contribution is 5.95. The average Bonchev–Trinajstić information content (AvgIpc) is 2.90. The van der Waals surface area contributed by atoms with Gasteiger partial charge in [0.15, 0.2) is 6.61 Å². The van der Waals surface area contributed by atoms with Crippen LogP contribution in [-0.4, -0.2) is 19.1 Å². The third-order valence-electron chi connectivity index (χ3n) is 3.42.